The molecule has 372 valence electrons. The van der Waals surface area contributed by atoms with Gasteiger partial charge in [-0.3, -0.25) is 9.59 Å². The Balaban J connectivity index is 1.01. The summed E-state index contributed by atoms with van der Waals surface area (Å²) in [6.45, 7) is 4.25. The standard InChI is InChI=1S/C51H62N8O9S2/c1-31(2)52-50-56-42(30-69-50)40-26-44(37-21-20-35(67-3)24-39(37)53-40)68-36-25-43-46(60)57-51(48(62)63)27-34(51)17-10-5-4-6-11-18-38(47(61)59(43)28-36)54-49(64)55-41(32-14-8-7-9-15-32)29-58-23-22-33-16-12-13-19-45(33)70(58,65)66/h10,12-13,16-17,19-21,24,26,30-31,34,36,38,43H,4-9,11,14-15,18,22-23,25,27-29H2,1-3H3,(H,52,56)(H,57,60)(H,62,63)(H2,54,55,64)/b17-10-/t34?,36-,38+,43+,51-/m1/s1. The number of methoxy groups -OCH3 is 1. The number of pyridine rings is 1. The molecule has 0 bridgehead atoms. The van der Waals surface area contributed by atoms with Crippen molar-refractivity contribution in [2.24, 2.45) is 5.92 Å². The average Bonchev–Trinajstić information content (AvgIpc) is 3.60. The Kier molecular flexibility index (Phi) is 14.5. The summed E-state index contributed by atoms with van der Waals surface area (Å²) < 4.78 is 41.6. The van der Waals surface area contributed by atoms with Gasteiger partial charge >= 0.3 is 12.0 Å². The lowest BCUT2D eigenvalue weighted by Crippen LogP contribution is -2.57. The van der Waals surface area contributed by atoms with Gasteiger partial charge in [0.1, 0.15) is 40.9 Å². The number of nitrogens with zero attached hydrogens (tertiary/aromatic N) is 4. The first-order chi connectivity index (χ1) is 33.7. The predicted molar refractivity (Wildman–Crippen MR) is 266 cm³/mol. The lowest BCUT2D eigenvalue weighted by atomic mass is 9.93. The summed E-state index contributed by atoms with van der Waals surface area (Å²) in [4.78, 5) is 68.2. The number of carbonyl (C=O) groups is 4. The number of aliphatic carboxylic acids is 1. The first-order valence-electron chi connectivity index (χ1n) is 24.5. The highest BCUT2D eigenvalue weighted by Gasteiger charge is 2.61. The summed E-state index contributed by atoms with van der Waals surface area (Å²) in [6.07, 6.45) is 11.2. The molecule has 70 heavy (non-hydrogen) atoms. The molecule has 17 nitrogen and oxygen atoms in total. The molecule has 9 rings (SSSR count). The van der Waals surface area contributed by atoms with Crippen molar-refractivity contribution in [3.63, 3.8) is 0 Å². The molecule has 5 atom stereocenters. The molecule has 2 aromatic heterocycles. The predicted octanol–water partition coefficient (Wildman–Crippen LogP) is 7.15. The average molecular weight is 995 g/mol. The van der Waals surface area contributed by atoms with Crippen LogP contribution in [-0.4, -0.2) is 113 Å². The quantitative estimate of drug-likeness (QED) is 0.0947. The van der Waals surface area contributed by atoms with Gasteiger partial charge in [0, 0.05) is 53.5 Å². The third-order valence-corrected chi connectivity index (χ3v) is 16.8. The smallest absolute Gasteiger partial charge is 0.330 e. The number of sulfonamides is 1. The van der Waals surface area contributed by atoms with E-state index in [-0.39, 0.29) is 49.8 Å². The summed E-state index contributed by atoms with van der Waals surface area (Å²) in [7, 11) is -2.27. The van der Waals surface area contributed by atoms with E-state index in [0.717, 1.165) is 48.4 Å². The molecule has 0 spiro atoms. The molecular weight excluding hydrogens is 933 g/mol. The van der Waals surface area contributed by atoms with Gasteiger partial charge in [0.15, 0.2) is 5.13 Å². The van der Waals surface area contributed by atoms with E-state index in [2.05, 4.69) is 21.3 Å². The first-order valence-corrected chi connectivity index (χ1v) is 26.8. The summed E-state index contributed by atoms with van der Waals surface area (Å²) in [5, 5.41) is 25.9. The minimum atomic E-state index is -3.85. The van der Waals surface area contributed by atoms with Gasteiger partial charge in [-0.1, -0.05) is 49.6 Å². The first kappa shape index (κ1) is 49.0. The zero-order valence-electron chi connectivity index (χ0n) is 39.9. The van der Waals surface area contributed by atoms with Gasteiger partial charge < -0.3 is 40.7 Å². The minimum absolute atomic E-state index is 0.0259. The zero-order valence-corrected chi connectivity index (χ0v) is 41.5. The van der Waals surface area contributed by atoms with Gasteiger partial charge in [-0.15, -0.1) is 11.3 Å². The van der Waals surface area contributed by atoms with E-state index in [1.54, 1.807) is 37.4 Å². The van der Waals surface area contributed by atoms with Crippen LogP contribution in [-0.2, 0) is 30.8 Å². The van der Waals surface area contributed by atoms with Crippen molar-refractivity contribution in [3.8, 4) is 22.9 Å². The fourth-order valence-corrected chi connectivity index (χ4v) is 12.7. The molecule has 2 saturated carbocycles. The molecule has 2 aromatic carbocycles. The normalized spacial score (nSPS) is 25.3. The number of carbonyl (C=O) groups excluding carboxylic acids is 3. The number of rotatable bonds is 11. The second-order valence-corrected chi connectivity index (χ2v) is 22.1. The van der Waals surface area contributed by atoms with E-state index < -0.39 is 63.5 Å². The van der Waals surface area contributed by atoms with Crippen molar-refractivity contribution in [1.82, 2.24) is 35.1 Å². The van der Waals surface area contributed by atoms with Gasteiger partial charge in [0.25, 0.3) is 0 Å². The lowest BCUT2D eigenvalue weighted by molar-refractivity contribution is -0.145. The maximum absolute atomic E-state index is 15.1. The third kappa shape index (κ3) is 10.5. The van der Waals surface area contributed by atoms with Crippen molar-refractivity contribution in [1.29, 1.82) is 0 Å². The number of hydrogen-bond donors (Lipinski definition) is 5. The molecule has 5 N–H and O–H groups in total. The van der Waals surface area contributed by atoms with Gasteiger partial charge in [-0.2, -0.15) is 4.31 Å². The number of benzene rings is 2. The number of hydrogen-bond acceptors (Lipinski definition) is 12. The molecule has 4 aromatic rings. The number of ether oxygens (including phenoxy) is 2. The lowest BCUT2D eigenvalue weighted by Gasteiger charge is -2.31. The van der Waals surface area contributed by atoms with Gasteiger partial charge in [0.05, 0.1) is 36.3 Å². The third-order valence-electron chi connectivity index (χ3n) is 14.1. The van der Waals surface area contributed by atoms with E-state index in [1.807, 2.05) is 49.6 Å². The van der Waals surface area contributed by atoms with Crippen molar-refractivity contribution in [2.75, 3.05) is 32.1 Å². The highest BCUT2D eigenvalue weighted by Crippen LogP contribution is 2.46. The van der Waals surface area contributed by atoms with Crippen LogP contribution in [0.15, 0.2) is 82.2 Å². The summed E-state index contributed by atoms with van der Waals surface area (Å²) >= 11 is 1.45. The maximum atomic E-state index is 15.1. The van der Waals surface area contributed by atoms with E-state index in [9.17, 15) is 27.9 Å². The molecule has 19 heteroatoms. The van der Waals surface area contributed by atoms with Crippen LogP contribution in [0.1, 0.15) is 96.5 Å². The summed E-state index contributed by atoms with van der Waals surface area (Å²) in [6, 6.07) is 11.5. The Morgan fingerprint density at radius 3 is 2.59 bits per heavy atom. The highest BCUT2D eigenvalue weighted by atomic mass is 32.2. The monoisotopic (exact) mass is 994 g/mol. The fraction of sp³-hybridized carbons (Fsp3) is 0.490. The molecule has 3 aliphatic heterocycles. The Bertz CT molecular complexity index is 2820. The van der Waals surface area contributed by atoms with E-state index >= 15 is 4.79 Å². The van der Waals surface area contributed by atoms with Gasteiger partial charge in [0.2, 0.25) is 21.8 Å². The van der Waals surface area contributed by atoms with Crippen molar-refractivity contribution >= 4 is 61.2 Å². The second kappa shape index (κ2) is 20.7. The van der Waals surface area contributed by atoms with Crippen molar-refractivity contribution in [3.05, 3.63) is 82.9 Å². The molecule has 5 aliphatic rings. The largest absolute Gasteiger partial charge is 0.497 e. The number of thiazole rings is 1. The van der Waals surface area contributed by atoms with Crippen LogP contribution >= 0.6 is 11.3 Å². The molecule has 3 fully saturated rings. The number of aromatic nitrogens is 2. The number of carboxylic acid groups (broad SMARTS) is 1. The van der Waals surface area contributed by atoms with Crippen molar-refractivity contribution < 1.29 is 42.2 Å². The number of amides is 4. The Morgan fingerprint density at radius 2 is 1.80 bits per heavy atom. The number of allylic oxidation sites excluding steroid dienone is 2. The van der Waals surface area contributed by atoms with Crippen LogP contribution in [0.4, 0.5) is 9.93 Å². The molecule has 5 heterocycles. The highest BCUT2D eigenvalue weighted by molar-refractivity contribution is 7.89. The van der Waals surface area contributed by atoms with E-state index in [0.29, 0.717) is 71.6 Å². The number of anilines is 1. The van der Waals surface area contributed by atoms with Crippen LogP contribution in [0, 0.1) is 5.92 Å². The Morgan fingerprint density at radius 1 is 1.00 bits per heavy atom. The molecule has 4 amide bonds. The molecule has 1 saturated heterocycles. The van der Waals surface area contributed by atoms with E-state index in [1.165, 1.54) is 20.5 Å². The minimum Gasteiger partial charge on any atom is -0.497 e. The number of urea groups is 1. The van der Waals surface area contributed by atoms with Crippen LogP contribution in [0.2, 0.25) is 0 Å². The van der Waals surface area contributed by atoms with Gasteiger partial charge in [-0.25, -0.2) is 28.0 Å². The Hall–Kier alpha value is -6.05. The van der Waals surface area contributed by atoms with Crippen LogP contribution in [0.3, 0.4) is 0 Å². The SMILES string of the molecule is COc1ccc2c(O[C@@H]3C[C@H]4C(=O)N[C@]5(C(=O)O)CC5/C=C\CCCCC[C@H](NC(=O)NC(CN5CCc6ccccc6S5(=O)=O)=C5CCCCC5)C(=O)N4C3)cc(-c3csc(NC(C)C)n3)nc2c1. The van der Waals surface area contributed by atoms with Gasteiger partial charge in [-0.05, 0) is 101 Å². The second-order valence-electron chi connectivity index (χ2n) is 19.3. The van der Waals surface area contributed by atoms with Crippen molar-refractivity contribution in [2.45, 2.75) is 132 Å². The molecular formula is C51H62N8O9S2. The summed E-state index contributed by atoms with van der Waals surface area (Å²) in [5.41, 5.74) is 2.48. The van der Waals surface area contributed by atoms with Crippen LogP contribution in [0.25, 0.3) is 22.3 Å². The number of nitrogens with one attached hydrogen (secondary N) is 4. The number of carboxylic acids is 1. The Labute approximate surface area is 412 Å². The molecule has 0 radical (unpaired) electrons. The number of fused-ring (bicyclic) bond motifs is 4. The molecule has 1 unspecified atom stereocenters. The van der Waals surface area contributed by atoms with E-state index in [4.69, 9.17) is 19.4 Å². The maximum Gasteiger partial charge on any atom is 0.330 e. The van der Waals surface area contributed by atoms with Crippen LogP contribution in [0.5, 0.6) is 11.5 Å². The molecule has 2 aliphatic carbocycles. The van der Waals surface area contributed by atoms with Crippen LogP contribution < -0.4 is 30.7 Å². The topological polar surface area (TPSA) is 221 Å². The zero-order chi connectivity index (χ0) is 49.2. The summed E-state index contributed by atoms with van der Waals surface area (Å²) in [5.74, 6) is -1.65. The fourth-order valence-electron chi connectivity index (χ4n) is 10.2.